The molecule has 6 aliphatic rings. The molecule has 69 heavy (non-hydrogen) atoms. The van der Waals surface area contributed by atoms with Gasteiger partial charge in [-0.1, -0.05) is 91.1 Å². The van der Waals surface area contributed by atoms with Gasteiger partial charge in [0.2, 0.25) is 0 Å². The molecule has 0 saturated heterocycles. The lowest BCUT2D eigenvalue weighted by atomic mass is 9.77. The summed E-state index contributed by atoms with van der Waals surface area (Å²) < 4.78 is 81.5. The van der Waals surface area contributed by atoms with Crippen LogP contribution in [0, 0.1) is 64.5 Å². The molecule has 10 heteroatoms. The summed E-state index contributed by atoms with van der Waals surface area (Å²) in [5.74, 6) is 3.33. The molecule has 2 bridgehead atoms. The van der Waals surface area contributed by atoms with E-state index in [1.165, 1.54) is 99.0 Å². The molecule has 1 saturated carbocycles. The van der Waals surface area contributed by atoms with Crippen LogP contribution in [0.4, 0.5) is 43.4 Å². The molecule has 7 atom stereocenters. The zero-order chi connectivity index (χ0) is 48.5. The van der Waals surface area contributed by atoms with Gasteiger partial charge in [0.1, 0.15) is 40.7 Å². The molecule has 0 spiro atoms. The monoisotopic (exact) mass is 935 g/mol. The summed E-state index contributed by atoms with van der Waals surface area (Å²) in [6, 6.07) is 35.3. The van der Waals surface area contributed by atoms with Crippen molar-refractivity contribution in [2.24, 2.45) is 34.6 Å². The summed E-state index contributed by atoms with van der Waals surface area (Å²) >= 11 is 0. The van der Waals surface area contributed by atoms with Gasteiger partial charge >= 0.3 is 0 Å². The van der Waals surface area contributed by atoms with Crippen LogP contribution in [0.15, 0.2) is 205 Å². The molecule has 4 nitrogen and oxygen atoms in total. The van der Waals surface area contributed by atoms with Gasteiger partial charge in [-0.2, -0.15) is 0 Å². The maximum atomic E-state index is 13.5. The number of hydrogen-bond donors (Lipinski definition) is 2. The molecule has 354 valence electrons. The summed E-state index contributed by atoms with van der Waals surface area (Å²) in [6.07, 6.45) is 28.8. The summed E-state index contributed by atoms with van der Waals surface area (Å²) in [6.45, 7) is 0. The van der Waals surface area contributed by atoms with E-state index in [0.717, 1.165) is 53.3 Å². The van der Waals surface area contributed by atoms with Crippen LogP contribution < -0.4 is 15.8 Å². The van der Waals surface area contributed by atoms with Crippen LogP contribution in [0.1, 0.15) is 54.3 Å². The quantitative estimate of drug-likeness (QED) is 0.0801. The fraction of sp³-hybridized carbons (Fsp3) is 0.203. The molecule has 0 amide bonds. The average Bonchev–Trinajstić information content (AvgIpc) is 4.23. The number of rotatable bonds is 4. The number of hydrogen-bond acceptors (Lipinski definition) is 4. The third-order valence-electron chi connectivity index (χ3n) is 12.6. The first-order valence-corrected chi connectivity index (χ1v) is 23.0. The minimum Gasteiger partial charge on any atom is -0.497 e. The Labute approximate surface area is 401 Å². The molecule has 3 N–H and O–H groups in total. The number of nitrogens with two attached hydrogens (primary N) is 1. The largest absolute Gasteiger partial charge is 0.497 e. The van der Waals surface area contributed by atoms with Crippen LogP contribution in [0.3, 0.4) is 0 Å². The van der Waals surface area contributed by atoms with Crippen molar-refractivity contribution < 1.29 is 31.1 Å². The Balaban J connectivity index is 0.000000130. The Hall–Kier alpha value is -7.33. The lowest BCUT2D eigenvalue weighted by Gasteiger charge is -2.37. The highest BCUT2D eigenvalue weighted by atomic mass is 19.1. The Kier molecular flexibility index (Phi) is 17.7. The van der Waals surface area contributed by atoms with E-state index >= 15 is 0 Å². The fourth-order valence-electron chi connectivity index (χ4n) is 9.28. The first-order chi connectivity index (χ1) is 33.5. The predicted molar refractivity (Wildman–Crippen MR) is 267 cm³/mol. The van der Waals surface area contributed by atoms with E-state index in [4.69, 9.17) is 10.5 Å². The maximum absolute atomic E-state index is 13.5. The first-order valence-electron chi connectivity index (χ1n) is 23.0. The van der Waals surface area contributed by atoms with E-state index < -0.39 is 0 Å². The second-order valence-corrected chi connectivity index (χ2v) is 17.2. The van der Waals surface area contributed by atoms with Crippen LogP contribution in [-0.4, -0.2) is 13.3 Å². The van der Waals surface area contributed by atoms with Crippen molar-refractivity contribution in [1.29, 1.82) is 0 Å². The minimum absolute atomic E-state index is 0.0543. The van der Waals surface area contributed by atoms with Crippen molar-refractivity contribution in [3.05, 3.63) is 252 Å². The van der Waals surface area contributed by atoms with Crippen molar-refractivity contribution in [3.8, 4) is 5.75 Å². The molecule has 0 radical (unpaired) electrons. The fourth-order valence-corrected chi connectivity index (χ4v) is 9.28. The third-order valence-corrected chi connectivity index (χ3v) is 12.6. The number of anilines is 2. The van der Waals surface area contributed by atoms with Crippen LogP contribution in [0.2, 0.25) is 0 Å². The van der Waals surface area contributed by atoms with Gasteiger partial charge in [-0.05, 0) is 175 Å². The van der Waals surface area contributed by atoms with E-state index in [9.17, 15) is 26.3 Å². The molecule has 7 unspecified atom stereocenters. The maximum Gasteiger partial charge on any atom is 0.126 e. The number of nitrogens with zero attached hydrogens (tertiary/aromatic N) is 1. The number of aliphatic imine (C=N–C) groups is 1. The van der Waals surface area contributed by atoms with Crippen LogP contribution in [0.25, 0.3) is 0 Å². The van der Waals surface area contributed by atoms with E-state index in [-0.39, 0.29) is 46.9 Å². The zero-order valence-corrected chi connectivity index (χ0v) is 38.2. The number of nitrogen functional groups attached to an aromatic ring is 1. The number of fused-ring (bicyclic) bond motifs is 8. The van der Waals surface area contributed by atoms with Crippen molar-refractivity contribution in [2.45, 2.75) is 37.6 Å². The Morgan fingerprint density at radius 3 is 1.81 bits per heavy atom. The molecule has 6 aromatic carbocycles. The highest BCUT2D eigenvalue weighted by Crippen LogP contribution is 2.53. The number of nitrogens with one attached hydrogen (secondary N) is 1. The molecule has 5 aliphatic carbocycles. The molecule has 1 aliphatic heterocycles. The smallest absolute Gasteiger partial charge is 0.126 e. The Morgan fingerprint density at radius 1 is 0.580 bits per heavy atom. The molecule has 1 heterocycles. The van der Waals surface area contributed by atoms with Crippen LogP contribution >= 0.6 is 0 Å². The summed E-state index contributed by atoms with van der Waals surface area (Å²) in [4.78, 5) is 4.10. The normalized spacial score (nSPS) is 21.9. The standard InChI is InChI=1S/C18H15F2N.C13H9F2N.C10H12.C7H7FO.C6H6FN.C5H6/c19-12-4-1-3-11(9-12)18-15-6-2-5-14(15)16-10-13(20)7-8-17(16)21-18;14-11-4-6-13(7-5-11)16-9-10-2-1-3-12(15)8-10;1-2-9-7-4-5-8(6-7)10(9)3-1;1-9-7-4-2-3-6(8)5-7;7-5-1-3-6(8)4-2-5;1-2-4-5-3-1/h1-5,7-10,14-15,18,21H,6H2;1-9H;1-2,4-5,7-10H,3,6H2;2-5H,1H3;1-4H,8H2;1-4H,5H2. The summed E-state index contributed by atoms with van der Waals surface area (Å²) in [5, 5.41) is 3.47. The number of allylic oxidation sites excluding steroid dienone is 10. The zero-order valence-electron chi connectivity index (χ0n) is 38.2. The highest BCUT2D eigenvalue weighted by Gasteiger charge is 2.44. The second-order valence-electron chi connectivity index (χ2n) is 17.2. The average molecular weight is 936 g/mol. The topological polar surface area (TPSA) is 59.6 Å². The van der Waals surface area contributed by atoms with E-state index in [1.54, 1.807) is 60.7 Å². The summed E-state index contributed by atoms with van der Waals surface area (Å²) in [5.41, 5.74) is 10.0. The second kappa shape index (κ2) is 24.6. The van der Waals surface area contributed by atoms with Gasteiger partial charge in [0.05, 0.1) is 18.8 Å². The van der Waals surface area contributed by atoms with E-state index in [1.807, 2.05) is 6.07 Å². The predicted octanol–water partition coefficient (Wildman–Crippen LogP) is 15.6. The van der Waals surface area contributed by atoms with Gasteiger partial charge in [0.25, 0.3) is 0 Å². The summed E-state index contributed by atoms with van der Waals surface area (Å²) in [7, 11) is 1.51. The van der Waals surface area contributed by atoms with Crippen molar-refractivity contribution in [2.75, 3.05) is 18.2 Å². The van der Waals surface area contributed by atoms with Gasteiger partial charge in [-0.25, -0.2) is 26.3 Å². The molecule has 0 aromatic heterocycles. The lowest BCUT2D eigenvalue weighted by Crippen LogP contribution is -2.29. The van der Waals surface area contributed by atoms with Crippen LogP contribution in [-0.2, 0) is 0 Å². The third kappa shape index (κ3) is 14.3. The van der Waals surface area contributed by atoms with Crippen molar-refractivity contribution >= 4 is 23.3 Å². The van der Waals surface area contributed by atoms with Gasteiger partial charge < -0.3 is 15.8 Å². The number of benzene rings is 6. The molecule has 6 aromatic rings. The van der Waals surface area contributed by atoms with E-state index in [0.29, 0.717) is 28.6 Å². The minimum atomic E-state index is -0.303. The first kappa shape index (κ1) is 49.6. The van der Waals surface area contributed by atoms with Gasteiger partial charge in [0.15, 0.2) is 0 Å². The van der Waals surface area contributed by atoms with Crippen LogP contribution in [0.5, 0.6) is 5.75 Å². The van der Waals surface area contributed by atoms with Crippen molar-refractivity contribution in [3.63, 3.8) is 0 Å². The SMILES string of the molecule is C1=CC2C3C=CC(C3)C2C1.C1=CCC=C1.COc1cccc(F)c1.Fc1ccc(N=Cc2cccc(F)c2)cc1.Fc1cccc(C2Nc3ccc(F)cc3C3C=CCC32)c1.Nc1ccc(F)cc1. The number of methoxy groups -OCH3 is 1. The van der Waals surface area contributed by atoms with E-state index in [2.05, 4.69) is 71.1 Å². The number of halogens is 6. The Bertz CT molecular complexity index is 2750. The van der Waals surface area contributed by atoms with Gasteiger partial charge in [-0.3, -0.25) is 4.99 Å². The lowest BCUT2D eigenvalue weighted by molar-refractivity contribution is 0.398. The molecule has 1 fully saturated rings. The van der Waals surface area contributed by atoms with Gasteiger partial charge in [0, 0.05) is 29.6 Å². The van der Waals surface area contributed by atoms with Crippen molar-refractivity contribution in [1.82, 2.24) is 0 Å². The molecular weight excluding hydrogens is 881 g/mol. The molecule has 12 rings (SSSR count). The Morgan fingerprint density at radius 2 is 1.19 bits per heavy atom. The highest BCUT2D eigenvalue weighted by molar-refractivity contribution is 5.81. The molecular formula is C59H55F6N3O. The van der Waals surface area contributed by atoms with Gasteiger partial charge in [-0.15, -0.1) is 0 Å². The number of ether oxygens (including phenoxy) is 1.